The highest BCUT2D eigenvalue weighted by Gasteiger charge is 2.18. The van der Waals surface area contributed by atoms with E-state index in [0.717, 1.165) is 49.8 Å². The van der Waals surface area contributed by atoms with E-state index in [9.17, 15) is 4.79 Å². The van der Waals surface area contributed by atoms with Crippen molar-refractivity contribution in [2.45, 2.75) is 39.5 Å². The Morgan fingerprint density at radius 1 is 1.15 bits per heavy atom. The molecule has 0 aliphatic heterocycles. The number of unbranched alkanes of at least 4 members (excludes halogenated alkanes) is 2. The number of hydrogen-bond acceptors (Lipinski definition) is 2. The number of aromatic amines is 1. The van der Waals surface area contributed by atoms with Crippen LogP contribution >= 0.6 is 0 Å². The van der Waals surface area contributed by atoms with Gasteiger partial charge in [-0.1, -0.05) is 38.8 Å². The Bertz CT molecular complexity index is 521. The second-order valence-electron chi connectivity index (χ2n) is 5.10. The summed E-state index contributed by atoms with van der Waals surface area (Å²) in [6.07, 6.45) is 4.26. The van der Waals surface area contributed by atoms with E-state index >= 15 is 0 Å². The number of amides is 1. The van der Waals surface area contributed by atoms with E-state index in [0.29, 0.717) is 5.82 Å². The molecule has 2 rings (SSSR count). The molecule has 0 aliphatic carbocycles. The molecule has 0 unspecified atom stereocenters. The minimum atomic E-state index is 0.0168. The summed E-state index contributed by atoms with van der Waals surface area (Å²) < 4.78 is 0. The van der Waals surface area contributed by atoms with E-state index in [1.54, 1.807) is 0 Å². The standard InChI is InChI=1S/C16H23N3O/c1-3-5-11-19(12-6-4-2)16(20)15-17-13-9-7-8-10-14(13)18-15/h7-10H,3-6,11-12H2,1-2H3,(H,17,18). The van der Waals surface area contributed by atoms with Crippen molar-refractivity contribution in [2.24, 2.45) is 0 Å². The number of nitrogens with zero attached hydrogens (tertiary/aromatic N) is 2. The van der Waals surface area contributed by atoms with Crippen LogP contribution in [-0.2, 0) is 0 Å². The molecule has 1 N–H and O–H groups in total. The zero-order chi connectivity index (χ0) is 14.4. The Balaban J connectivity index is 2.16. The Labute approximate surface area is 120 Å². The van der Waals surface area contributed by atoms with Crippen LogP contribution in [0.5, 0.6) is 0 Å². The van der Waals surface area contributed by atoms with Crippen LogP contribution in [0.25, 0.3) is 11.0 Å². The average Bonchev–Trinajstić information content (AvgIpc) is 2.90. The highest BCUT2D eigenvalue weighted by Crippen LogP contribution is 2.12. The van der Waals surface area contributed by atoms with Crippen molar-refractivity contribution in [2.75, 3.05) is 13.1 Å². The molecule has 0 fully saturated rings. The van der Waals surface area contributed by atoms with E-state index in [-0.39, 0.29) is 5.91 Å². The molecule has 1 amide bonds. The van der Waals surface area contributed by atoms with Gasteiger partial charge in [0, 0.05) is 13.1 Å². The highest BCUT2D eigenvalue weighted by atomic mass is 16.2. The van der Waals surface area contributed by atoms with E-state index in [4.69, 9.17) is 0 Å². The van der Waals surface area contributed by atoms with Crippen molar-refractivity contribution >= 4 is 16.9 Å². The normalized spacial score (nSPS) is 10.9. The number of rotatable bonds is 7. The maximum absolute atomic E-state index is 12.6. The average molecular weight is 273 g/mol. The van der Waals surface area contributed by atoms with Gasteiger partial charge in [-0.3, -0.25) is 4.79 Å². The van der Waals surface area contributed by atoms with Gasteiger partial charge >= 0.3 is 0 Å². The molecule has 20 heavy (non-hydrogen) atoms. The SMILES string of the molecule is CCCCN(CCCC)C(=O)c1nc2ccccc2[nH]1. The maximum Gasteiger partial charge on any atom is 0.289 e. The van der Waals surface area contributed by atoms with Gasteiger partial charge in [0.25, 0.3) is 5.91 Å². The smallest absolute Gasteiger partial charge is 0.289 e. The van der Waals surface area contributed by atoms with Crippen LogP contribution in [0.15, 0.2) is 24.3 Å². The molecule has 108 valence electrons. The molecule has 4 nitrogen and oxygen atoms in total. The molecule has 2 aromatic rings. The minimum Gasteiger partial charge on any atom is -0.336 e. The first-order valence-corrected chi connectivity index (χ1v) is 7.50. The van der Waals surface area contributed by atoms with Gasteiger partial charge in [-0.15, -0.1) is 0 Å². The highest BCUT2D eigenvalue weighted by molar-refractivity contribution is 5.94. The molecular weight excluding hydrogens is 250 g/mol. The van der Waals surface area contributed by atoms with Gasteiger partial charge < -0.3 is 9.88 Å². The summed E-state index contributed by atoms with van der Waals surface area (Å²) in [7, 11) is 0. The van der Waals surface area contributed by atoms with E-state index in [2.05, 4.69) is 23.8 Å². The van der Waals surface area contributed by atoms with Crippen LogP contribution in [0.1, 0.15) is 50.1 Å². The third kappa shape index (κ3) is 3.38. The molecule has 0 radical (unpaired) electrons. The van der Waals surface area contributed by atoms with E-state index < -0.39 is 0 Å². The third-order valence-corrected chi connectivity index (χ3v) is 3.44. The molecule has 4 heteroatoms. The maximum atomic E-state index is 12.6. The lowest BCUT2D eigenvalue weighted by Gasteiger charge is -2.21. The predicted octanol–water partition coefficient (Wildman–Crippen LogP) is 3.61. The first-order valence-electron chi connectivity index (χ1n) is 7.50. The number of para-hydroxylation sites is 2. The van der Waals surface area contributed by atoms with Crippen LogP contribution in [-0.4, -0.2) is 33.9 Å². The van der Waals surface area contributed by atoms with Gasteiger partial charge in [-0.2, -0.15) is 0 Å². The Kier molecular flexibility index (Phi) is 5.16. The van der Waals surface area contributed by atoms with Crippen molar-refractivity contribution in [3.63, 3.8) is 0 Å². The number of hydrogen-bond donors (Lipinski definition) is 1. The number of nitrogens with one attached hydrogen (secondary N) is 1. The molecule has 0 saturated heterocycles. The van der Waals surface area contributed by atoms with Crippen molar-refractivity contribution < 1.29 is 4.79 Å². The van der Waals surface area contributed by atoms with Gasteiger partial charge in [-0.25, -0.2) is 4.98 Å². The monoisotopic (exact) mass is 273 g/mol. The molecule has 0 atom stereocenters. The summed E-state index contributed by atoms with van der Waals surface area (Å²) in [5.41, 5.74) is 1.77. The number of aromatic nitrogens is 2. The van der Waals surface area contributed by atoms with Gasteiger partial charge in [-0.05, 0) is 25.0 Å². The third-order valence-electron chi connectivity index (χ3n) is 3.44. The summed E-state index contributed by atoms with van der Waals surface area (Å²) in [4.78, 5) is 22.0. The molecule has 0 aliphatic rings. The fourth-order valence-corrected chi connectivity index (χ4v) is 2.22. The number of carbonyl (C=O) groups excluding carboxylic acids is 1. The summed E-state index contributed by atoms with van der Waals surface area (Å²) in [6.45, 7) is 5.91. The lowest BCUT2D eigenvalue weighted by molar-refractivity contribution is 0.0740. The van der Waals surface area contributed by atoms with Crippen molar-refractivity contribution in [3.05, 3.63) is 30.1 Å². The van der Waals surface area contributed by atoms with Gasteiger partial charge in [0.1, 0.15) is 0 Å². The topological polar surface area (TPSA) is 49.0 Å². The zero-order valence-corrected chi connectivity index (χ0v) is 12.4. The molecule has 0 saturated carbocycles. The molecule has 1 heterocycles. The second kappa shape index (κ2) is 7.08. The first-order chi connectivity index (χ1) is 9.76. The zero-order valence-electron chi connectivity index (χ0n) is 12.4. The Morgan fingerprint density at radius 3 is 2.40 bits per heavy atom. The van der Waals surface area contributed by atoms with Crippen molar-refractivity contribution in [3.8, 4) is 0 Å². The van der Waals surface area contributed by atoms with Crippen LogP contribution in [0.2, 0.25) is 0 Å². The number of fused-ring (bicyclic) bond motifs is 1. The molecule has 0 bridgehead atoms. The number of H-pyrrole nitrogens is 1. The summed E-state index contributed by atoms with van der Waals surface area (Å²) >= 11 is 0. The van der Waals surface area contributed by atoms with Crippen LogP contribution in [0, 0.1) is 0 Å². The van der Waals surface area contributed by atoms with Crippen LogP contribution in [0.4, 0.5) is 0 Å². The summed E-state index contributed by atoms with van der Waals surface area (Å²) in [5.74, 6) is 0.474. The quantitative estimate of drug-likeness (QED) is 0.837. The van der Waals surface area contributed by atoms with Gasteiger partial charge in [0.2, 0.25) is 0 Å². The lowest BCUT2D eigenvalue weighted by Crippen LogP contribution is -2.33. The second-order valence-corrected chi connectivity index (χ2v) is 5.10. The lowest BCUT2D eigenvalue weighted by atomic mass is 10.2. The van der Waals surface area contributed by atoms with Crippen molar-refractivity contribution in [1.29, 1.82) is 0 Å². The van der Waals surface area contributed by atoms with E-state index in [1.165, 1.54) is 0 Å². The largest absolute Gasteiger partial charge is 0.336 e. The summed E-state index contributed by atoms with van der Waals surface area (Å²) in [5, 5.41) is 0. The predicted molar refractivity (Wildman–Crippen MR) is 81.8 cm³/mol. The number of imidazole rings is 1. The fourth-order valence-electron chi connectivity index (χ4n) is 2.22. The molecular formula is C16H23N3O. The van der Waals surface area contributed by atoms with Gasteiger partial charge in [0.15, 0.2) is 5.82 Å². The van der Waals surface area contributed by atoms with Crippen LogP contribution < -0.4 is 0 Å². The van der Waals surface area contributed by atoms with Gasteiger partial charge in [0.05, 0.1) is 11.0 Å². The Hall–Kier alpha value is -1.84. The molecule has 0 spiro atoms. The minimum absolute atomic E-state index is 0.0168. The van der Waals surface area contributed by atoms with Crippen LogP contribution in [0.3, 0.4) is 0 Å². The Morgan fingerprint density at radius 2 is 1.80 bits per heavy atom. The van der Waals surface area contributed by atoms with Crippen molar-refractivity contribution in [1.82, 2.24) is 14.9 Å². The molecule has 1 aromatic carbocycles. The molecule has 1 aromatic heterocycles. The number of benzene rings is 1. The number of carbonyl (C=O) groups is 1. The summed E-state index contributed by atoms with van der Waals surface area (Å²) in [6, 6.07) is 7.75. The fraction of sp³-hybridized carbons (Fsp3) is 0.500. The van der Waals surface area contributed by atoms with E-state index in [1.807, 2.05) is 29.2 Å². The first kappa shape index (κ1) is 14.6.